The first-order valence-corrected chi connectivity index (χ1v) is 7.04. The fourth-order valence-electron chi connectivity index (χ4n) is 2.04. The van der Waals surface area contributed by atoms with Crippen molar-refractivity contribution in [2.45, 2.75) is 0 Å². The molecule has 0 aliphatic carbocycles. The molecule has 3 rings (SSSR count). The summed E-state index contributed by atoms with van der Waals surface area (Å²) < 4.78 is 0. The van der Waals surface area contributed by atoms with Gasteiger partial charge in [-0.05, 0) is 18.2 Å². The highest BCUT2D eigenvalue weighted by Crippen LogP contribution is 2.16. The summed E-state index contributed by atoms with van der Waals surface area (Å²) in [5.74, 6) is -1.29. The maximum absolute atomic E-state index is 12.0. The van der Waals surface area contributed by atoms with E-state index in [9.17, 15) is 14.4 Å². The van der Waals surface area contributed by atoms with E-state index in [1.165, 1.54) is 18.3 Å². The van der Waals surface area contributed by atoms with E-state index in [0.29, 0.717) is 5.69 Å². The van der Waals surface area contributed by atoms with Gasteiger partial charge in [-0.25, -0.2) is 0 Å². The van der Waals surface area contributed by atoms with Gasteiger partial charge in [0.25, 0.3) is 17.4 Å². The molecule has 8 heteroatoms. The van der Waals surface area contributed by atoms with Gasteiger partial charge in [0, 0.05) is 11.8 Å². The molecule has 0 atom stereocenters. The summed E-state index contributed by atoms with van der Waals surface area (Å²) in [7, 11) is 0. The van der Waals surface area contributed by atoms with E-state index in [-0.39, 0.29) is 11.3 Å². The smallest absolute Gasteiger partial charge is 0.287 e. The van der Waals surface area contributed by atoms with Crippen LogP contribution in [0.3, 0.4) is 0 Å². The number of carbonyl (C=O) groups is 2. The average molecular weight is 323 g/mol. The third kappa shape index (κ3) is 3.22. The van der Waals surface area contributed by atoms with E-state index < -0.39 is 17.4 Å². The summed E-state index contributed by atoms with van der Waals surface area (Å²) in [6, 6.07) is 13.8. The van der Waals surface area contributed by atoms with Gasteiger partial charge in [-0.2, -0.15) is 5.10 Å². The number of nitrogens with zero attached hydrogens (tertiary/aromatic N) is 1. The lowest BCUT2D eigenvalue weighted by molar-refractivity contribution is 0.0843. The molecule has 0 saturated heterocycles. The molecule has 0 unspecified atom stereocenters. The van der Waals surface area contributed by atoms with E-state index in [2.05, 4.69) is 26.0 Å². The normalized spacial score (nSPS) is 10.2. The van der Waals surface area contributed by atoms with E-state index in [1.54, 1.807) is 6.07 Å². The number of pyridine rings is 1. The Kier molecular flexibility index (Phi) is 4.19. The first-order valence-electron chi connectivity index (χ1n) is 7.04. The van der Waals surface area contributed by atoms with E-state index in [4.69, 9.17) is 0 Å². The molecule has 24 heavy (non-hydrogen) atoms. The van der Waals surface area contributed by atoms with Crippen LogP contribution < -0.4 is 16.4 Å². The number of H-pyrrole nitrogens is 2. The summed E-state index contributed by atoms with van der Waals surface area (Å²) in [6.07, 6.45) is 1.41. The number of benzene rings is 1. The summed E-state index contributed by atoms with van der Waals surface area (Å²) in [5.41, 5.74) is 5.39. The van der Waals surface area contributed by atoms with Gasteiger partial charge in [0.15, 0.2) is 0 Å². The van der Waals surface area contributed by atoms with Crippen molar-refractivity contribution in [2.24, 2.45) is 0 Å². The van der Waals surface area contributed by atoms with Gasteiger partial charge in [0.1, 0.15) is 11.3 Å². The summed E-state index contributed by atoms with van der Waals surface area (Å²) in [4.78, 5) is 37.7. The molecule has 3 aromatic rings. The van der Waals surface area contributed by atoms with Gasteiger partial charge in [-0.1, -0.05) is 30.3 Å². The second kappa shape index (κ2) is 6.61. The van der Waals surface area contributed by atoms with Crippen LogP contribution in [-0.4, -0.2) is 27.0 Å². The largest absolute Gasteiger partial charge is 0.328 e. The molecular weight excluding hydrogens is 310 g/mol. The first kappa shape index (κ1) is 15.2. The molecule has 2 aromatic heterocycles. The topological polar surface area (TPSA) is 120 Å². The minimum absolute atomic E-state index is 0.104. The molecule has 4 N–H and O–H groups in total. The highest BCUT2D eigenvalue weighted by Gasteiger charge is 2.14. The predicted octanol–water partition coefficient (Wildman–Crippen LogP) is 0.840. The van der Waals surface area contributed by atoms with Gasteiger partial charge in [-0.3, -0.25) is 30.3 Å². The van der Waals surface area contributed by atoms with Gasteiger partial charge < -0.3 is 4.98 Å². The van der Waals surface area contributed by atoms with Crippen molar-refractivity contribution in [3.8, 4) is 11.3 Å². The number of hydrogen-bond acceptors (Lipinski definition) is 4. The van der Waals surface area contributed by atoms with E-state index in [1.807, 2.05) is 30.3 Å². The molecular formula is C16H13N5O3. The number of hydrogen-bond donors (Lipinski definition) is 4. The minimum Gasteiger partial charge on any atom is -0.328 e. The monoisotopic (exact) mass is 323 g/mol. The first-order chi connectivity index (χ1) is 11.6. The van der Waals surface area contributed by atoms with Crippen LogP contribution in [0.2, 0.25) is 0 Å². The zero-order chi connectivity index (χ0) is 16.9. The highest BCUT2D eigenvalue weighted by atomic mass is 16.2. The van der Waals surface area contributed by atoms with Crippen LogP contribution in [0.1, 0.15) is 20.8 Å². The Bertz CT molecular complexity index is 930. The van der Waals surface area contributed by atoms with Gasteiger partial charge in [-0.15, -0.1) is 0 Å². The average Bonchev–Trinajstić information content (AvgIpc) is 3.11. The fraction of sp³-hybridized carbons (Fsp3) is 0. The third-order valence-electron chi connectivity index (χ3n) is 3.24. The SMILES string of the molecule is O=C(NNC(=O)c1ccc[nH]c1=O)c1cc(-c2ccccc2)n[nH]1. The van der Waals surface area contributed by atoms with Crippen LogP contribution in [0.4, 0.5) is 0 Å². The molecule has 8 nitrogen and oxygen atoms in total. The molecule has 0 aliphatic heterocycles. The van der Waals surface area contributed by atoms with E-state index >= 15 is 0 Å². The second-order valence-corrected chi connectivity index (χ2v) is 4.85. The fourth-order valence-corrected chi connectivity index (χ4v) is 2.04. The van der Waals surface area contributed by atoms with Gasteiger partial charge in [0.2, 0.25) is 0 Å². The van der Waals surface area contributed by atoms with Crippen molar-refractivity contribution in [2.75, 3.05) is 0 Å². The zero-order valence-electron chi connectivity index (χ0n) is 12.4. The molecule has 0 saturated carbocycles. The molecule has 120 valence electrons. The van der Waals surface area contributed by atoms with Crippen LogP contribution in [0.15, 0.2) is 59.5 Å². The lowest BCUT2D eigenvalue weighted by Gasteiger charge is -2.05. The molecule has 0 fully saturated rings. The standard InChI is InChI=1S/C16H13N5O3/c22-14-11(7-4-8-17-14)15(23)20-21-16(24)13-9-12(18-19-13)10-5-2-1-3-6-10/h1-9H,(H,17,22)(H,18,19)(H,20,23)(H,21,24). The van der Waals surface area contributed by atoms with Crippen LogP contribution in [0, 0.1) is 0 Å². The van der Waals surface area contributed by atoms with Crippen molar-refractivity contribution in [1.29, 1.82) is 0 Å². The Balaban J connectivity index is 1.66. The maximum atomic E-state index is 12.0. The molecule has 2 amide bonds. The highest BCUT2D eigenvalue weighted by molar-refractivity contribution is 5.98. The summed E-state index contributed by atoms with van der Waals surface area (Å²) in [5, 5.41) is 6.65. The number of aromatic amines is 2. The Hall–Kier alpha value is -3.68. The zero-order valence-corrected chi connectivity index (χ0v) is 12.4. The van der Waals surface area contributed by atoms with Crippen LogP contribution >= 0.6 is 0 Å². The van der Waals surface area contributed by atoms with Gasteiger partial charge in [0.05, 0.1) is 5.69 Å². The van der Waals surface area contributed by atoms with Crippen molar-refractivity contribution >= 4 is 11.8 Å². The van der Waals surface area contributed by atoms with Gasteiger partial charge >= 0.3 is 0 Å². The summed E-state index contributed by atoms with van der Waals surface area (Å²) in [6.45, 7) is 0. The number of rotatable bonds is 3. The number of nitrogens with one attached hydrogen (secondary N) is 4. The quantitative estimate of drug-likeness (QED) is 0.534. The molecule has 2 heterocycles. The van der Waals surface area contributed by atoms with Crippen LogP contribution in [-0.2, 0) is 0 Å². The Morgan fingerprint density at radius 3 is 2.46 bits per heavy atom. The van der Waals surface area contributed by atoms with Crippen molar-refractivity contribution in [3.63, 3.8) is 0 Å². The Morgan fingerprint density at radius 1 is 0.958 bits per heavy atom. The summed E-state index contributed by atoms with van der Waals surface area (Å²) >= 11 is 0. The molecule has 0 spiro atoms. The number of aromatic nitrogens is 3. The van der Waals surface area contributed by atoms with Crippen LogP contribution in [0.5, 0.6) is 0 Å². The van der Waals surface area contributed by atoms with E-state index in [0.717, 1.165) is 5.56 Å². The van der Waals surface area contributed by atoms with Crippen molar-refractivity contribution in [1.82, 2.24) is 26.0 Å². The molecule has 1 aromatic carbocycles. The lowest BCUT2D eigenvalue weighted by Crippen LogP contribution is -2.43. The molecule has 0 bridgehead atoms. The Labute approximate surface area is 135 Å². The molecule has 0 aliphatic rings. The lowest BCUT2D eigenvalue weighted by atomic mass is 10.1. The number of hydrazine groups is 1. The predicted molar refractivity (Wildman–Crippen MR) is 86.0 cm³/mol. The Morgan fingerprint density at radius 2 is 1.71 bits per heavy atom. The van der Waals surface area contributed by atoms with Crippen molar-refractivity contribution < 1.29 is 9.59 Å². The number of amides is 2. The van der Waals surface area contributed by atoms with Crippen molar-refractivity contribution in [3.05, 3.63) is 76.3 Å². The maximum Gasteiger partial charge on any atom is 0.287 e. The third-order valence-corrected chi connectivity index (χ3v) is 3.24. The second-order valence-electron chi connectivity index (χ2n) is 4.85. The number of carbonyl (C=O) groups excluding carboxylic acids is 2. The van der Waals surface area contributed by atoms with Crippen LogP contribution in [0.25, 0.3) is 11.3 Å². The molecule has 0 radical (unpaired) electrons. The minimum atomic E-state index is -0.715.